The molecule has 2 aromatic rings. The Bertz CT molecular complexity index is 975. The van der Waals surface area contributed by atoms with E-state index >= 15 is 0 Å². The number of furan rings is 1. The molecule has 1 aromatic heterocycles. The van der Waals surface area contributed by atoms with Crippen LogP contribution in [0.4, 0.5) is 4.79 Å². The molecule has 1 fully saturated rings. The van der Waals surface area contributed by atoms with Crippen molar-refractivity contribution >= 4 is 22.8 Å². The average molecular weight is 400 g/mol. The molecule has 3 N–H and O–H groups in total. The number of benzene rings is 1. The van der Waals surface area contributed by atoms with Gasteiger partial charge in [-0.05, 0) is 45.4 Å². The van der Waals surface area contributed by atoms with Gasteiger partial charge in [-0.2, -0.15) is 0 Å². The number of hydrazine groups is 1. The molecule has 0 radical (unpaired) electrons. The van der Waals surface area contributed by atoms with Crippen LogP contribution in [0.1, 0.15) is 38.5 Å². The van der Waals surface area contributed by atoms with Crippen molar-refractivity contribution in [3.8, 4) is 5.75 Å². The highest BCUT2D eigenvalue weighted by molar-refractivity contribution is 5.88. The van der Waals surface area contributed by atoms with E-state index in [1.165, 1.54) is 0 Å². The second-order valence-electron chi connectivity index (χ2n) is 8.67. The number of hydrogen-bond donors (Lipinski definition) is 2. The van der Waals surface area contributed by atoms with Gasteiger partial charge < -0.3 is 24.2 Å². The molecule has 1 amide bonds. The van der Waals surface area contributed by atoms with E-state index in [2.05, 4.69) is 4.90 Å². The zero-order valence-corrected chi connectivity index (χ0v) is 17.3. The summed E-state index contributed by atoms with van der Waals surface area (Å²) in [6, 6.07) is 5.66. The number of nitrogens with zero attached hydrogens (tertiary/aromatic N) is 3. The fourth-order valence-electron chi connectivity index (χ4n) is 4.45. The first kappa shape index (κ1) is 19.4. The molecule has 0 spiro atoms. The quantitative estimate of drug-likeness (QED) is 0.764. The zero-order chi connectivity index (χ0) is 20.9. The van der Waals surface area contributed by atoms with Gasteiger partial charge in [0.15, 0.2) is 5.76 Å². The Balaban J connectivity index is 1.67. The maximum absolute atomic E-state index is 11.9. The molecule has 156 valence electrons. The summed E-state index contributed by atoms with van der Waals surface area (Å²) in [7, 11) is 1.64. The molecule has 2 aliphatic heterocycles. The highest BCUT2D eigenvalue weighted by Crippen LogP contribution is 2.39. The normalized spacial score (nSPS) is 19.3. The van der Waals surface area contributed by atoms with Crippen molar-refractivity contribution in [3.63, 3.8) is 0 Å². The average Bonchev–Trinajstić information content (AvgIpc) is 3.24. The van der Waals surface area contributed by atoms with Crippen LogP contribution in [0, 0.1) is 0 Å². The van der Waals surface area contributed by atoms with Crippen LogP contribution >= 0.6 is 0 Å². The van der Waals surface area contributed by atoms with Crippen LogP contribution in [0.5, 0.6) is 5.75 Å². The van der Waals surface area contributed by atoms with Gasteiger partial charge in [-0.3, -0.25) is 4.90 Å². The second-order valence-corrected chi connectivity index (χ2v) is 8.67. The fraction of sp³-hybridized carbons (Fsp3) is 0.476. The summed E-state index contributed by atoms with van der Waals surface area (Å²) in [4.78, 5) is 15.6. The molecule has 1 unspecified atom stereocenters. The number of carbonyl (C=O) groups is 1. The van der Waals surface area contributed by atoms with Crippen molar-refractivity contribution in [2.24, 2.45) is 5.84 Å². The number of likely N-dealkylation sites (tertiary alicyclic amines) is 1. The number of methoxy groups -OCH3 is 1. The molecule has 1 aromatic carbocycles. The number of fused-ring (bicyclic) bond motifs is 3. The van der Waals surface area contributed by atoms with Crippen molar-refractivity contribution < 1.29 is 19.1 Å². The smallest absolute Gasteiger partial charge is 0.408 e. The van der Waals surface area contributed by atoms with E-state index in [1.807, 2.05) is 45.2 Å². The zero-order valence-electron chi connectivity index (χ0n) is 17.3. The van der Waals surface area contributed by atoms with E-state index in [0.717, 1.165) is 46.7 Å². The summed E-state index contributed by atoms with van der Waals surface area (Å²) < 4.78 is 11.6. The Morgan fingerprint density at radius 3 is 2.79 bits per heavy atom. The minimum absolute atomic E-state index is 0.0885. The molecule has 0 saturated carbocycles. The van der Waals surface area contributed by atoms with Gasteiger partial charge >= 0.3 is 6.09 Å². The van der Waals surface area contributed by atoms with Crippen molar-refractivity contribution in [2.45, 2.75) is 45.3 Å². The first-order chi connectivity index (χ1) is 13.7. The summed E-state index contributed by atoms with van der Waals surface area (Å²) in [5.74, 6) is 7.76. The van der Waals surface area contributed by atoms with Gasteiger partial charge in [0.1, 0.15) is 11.3 Å². The lowest BCUT2D eigenvalue weighted by molar-refractivity contribution is 0.0737. The van der Waals surface area contributed by atoms with E-state index < -0.39 is 11.6 Å². The molecule has 0 aliphatic carbocycles. The third kappa shape index (κ3) is 3.37. The van der Waals surface area contributed by atoms with Crippen molar-refractivity contribution in [2.75, 3.05) is 20.2 Å². The van der Waals surface area contributed by atoms with Gasteiger partial charge in [0.25, 0.3) is 0 Å². The maximum atomic E-state index is 11.9. The maximum Gasteiger partial charge on any atom is 0.408 e. The van der Waals surface area contributed by atoms with E-state index in [1.54, 1.807) is 17.0 Å². The molecule has 3 heterocycles. The number of amides is 1. The minimum Gasteiger partial charge on any atom is -0.497 e. The number of carboxylic acid groups (broad SMARTS) is 1. The lowest BCUT2D eigenvalue weighted by Crippen LogP contribution is -2.52. The Kier molecular flexibility index (Phi) is 4.61. The van der Waals surface area contributed by atoms with Crippen LogP contribution in [0.25, 0.3) is 16.7 Å². The van der Waals surface area contributed by atoms with E-state index in [4.69, 9.17) is 15.0 Å². The number of rotatable bonds is 3. The summed E-state index contributed by atoms with van der Waals surface area (Å²) in [5, 5.41) is 12.4. The lowest BCUT2D eigenvalue weighted by atomic mass is 10.0. The molecule has 4 rings (SSSR count). The Morgan fingerprint density at radius 1 is 1.38 bits per heavy atom. The minimum atomic E-state index is -0.890. The number of ether oxygens (including phenoxy) is 1. The van der Waals surface area contributed by atoms with Crippen molar-refractivity contribution in [1.29, 1.82) is 0 Å². The van der Waals surface area contributed by atoms with Gasteiger partial charge in [0.2, 0.25) is 0 Å². The number of nitrogens with two attached hydrogens (primary N) is 1. The molecular weight excluding hydrogens is 372 g/mol. The van der Waals surface area contributed by atoms with Crippen molar-refractivity contribution in [3.05, 3.63) is 35.7 Å². The molecule has 1 atom stereocenters. The third-order valence-corrected chi connectivity index (χ3v) is 5.66. The monoisotopic (exact) mass is 400 g/mol. The van der Waals surface area contributed by atoms with E-state index in [9.17, 15) is 9.90 Å². The van der Waals surface area contributed by atoms with Crippen LogP contribution in [0.3, 0.4) is 0 Å². The van der Waals surface area contributed by atoms with Gasteiger partial charge in [0, 0.05) is 35.8 Å². The van der Waals surface area contributed by atoms with Crippen LogP contribution in [0.2, 0.25) is 0 Å². The van der Waals surface area contributed by atoms with E-state index in [-0.39, 0.29) is 6.04 Å². The fourth-order valence-corrected chi connectivity index (χ4v) is 4.45. The number of hydrogen-bond acceptors (Lipinski definition) is 6. The van der Waals surface area contributed by atoms with Crippen LogP contribution in [-0.4, -0.2) is 57.8 Å². The van der Waals surface area contributed by atoms with Gasteiger partial charge in [-0.15, -0.1) is 0 Å². The van der Waals surface area contributed by atoms with Crippen LogP contribution in [0.15, 0.2) is 28.8 Å². The topological polar surface area (TPSA) is 95.4 Å². The highest BCUT2D eigenvalue weighted by atomic mass is 16.5. The van der Waals surface area contributed by atoms with E-state index in [0.29, 0.717) is 13.1 Å². The first-order valence-electron chi connectivity index (χ1n) is 9.79. The van der Waals surface area contributed by atoms with Gasteiger partial charge in [-0.1, -0.05) is 0 Å². The summed E-state index contributed by atoms with van der Waals surface area (Å²) in [6.07, 6.45) is 1.75. The van der Waals surface area contributed by atoms with Crippen LogP contribution in [-0.2, 0) is 6.54 Å². The van der Waals surface area contributed by atoms with Gasteiger partial charge in [0.05, 0.1) is 25.4 Å². The third-order valence-electron chi connectivity index (χ3n) is 5.66. The molecule has 8 heteroatoms. The first-order valence-corrected chi connectivity index (χ1v) is 9.79. The van der Waals surface area contributed by atoms with Crippen LogP contribution < -0.4 is 10.6 Å². The second kappa shape index (κ2) is 6.88. The summed E-state index contributed by atoms with van der Waals surface area (Å²) >= 11 is 0. The Labute approximate surface area is 170 Å². The SMILES string of the molecule is COc1ccc2oc3c(c2c1)CN(N)C=C3N1CCC(N(C(=O)O)C(C)(C)C)C1. The molecule has 2 aliphatic rings. The lowest BCUT2D eigenvalue weighted by Gasteiger charge is -2.38. The molecule has 29 heavy (non-hydrogen) atoms. The highest BCUT2D eigenvalue weighted by Gasteiger charge is 2.39. The predicted molar refractivity (Wildman–Crippen MR) is 110 cm³/mol. The largest absolute Gasteiger partial charge is 0.497 e. The van der Waals surface area contributed by atoms with Crippen molar-refractivity contribution in [1.82, 2.24) is 14.8 Å². The molecule has 0 bridgehead atoms. The van der Waals surface area contributed by atoms with Gasteiger partial charge in [-0.25, -0.2) is 10.6 Å². The predicted octanol–water partition coefficient (Wildman–Crippen LogP) is 3.28. The Morgan fingerprint density at radius 2 is 2.14 bits per heavy atom. The molecular formula is C21H28N4O4. The standard InChI is InChI=1S/C21H28N4O4/c1-21(2,3)25(20(26)27)13-7-8-23(10-13)17-12-24(22)11-16-15-9-14(28-4)5-6-18(15)29-19(16)17/h5-6,9,12-13H,7-8,10-11,22H2,1-4H3,(H,26,27). The summed E-state index contributed by atoms with van der Waals surface area (Å²) in [5.41, 5.74) is 2.24. The molecule has 8 nitrogen and oxygen atoms in total. The summed E-state index contributed by atoms with van der Waals surface area (Å²) in [6.45, 7) is 7.66. The molecule has 1 saturated heterocycles. The Hall–Kier alpha value is -2.87.